The highest BCUT2D eigenvalue weighted by Gasteiger charge is 2.24. The number of carbonyl (C=O) groups is 1. The van der Waals surface area contributed by atoms with Crippen LogP contribution in [0.4, 0.5) is 0 Å². The molecular weight excluding hydrogens is 200 g/mol. The zero-order valence-electron chi connectivity index (χ0n) is 9.08. The lowest BCUT2D eigenvalue weighted by Crippen LogP contribution is -2.40. The number of nitrogens with one attached hydrogen (secondary N) is 1. The van der Waals surface area contributed by atoms with Gasteiger partial charge in [0.1, 0.15) is 12.6 Å². The summed E-state index contributed by atoms with van der Waals surface area (Å²) in [6.07, 6.45) is 2.83. The van der Waals surface area contributed by atoms with E-state index in [0.29, 0.717) is 13.2 Å². The van der Waals surface area contributed by atoms with E-state index in [1.165, 1.54) is 11.9 Å². The fourth-order valence-electron chi connectivity index (χ4n) is 1.01. The molecule has 0 aromatic rings. The molecule has 0 aliphatic carbocycles. The third-order valence-electron chi connectivity index (χ3n) is 2.07. The van der Waals surface area contributed by atoms with Crippen LogP contribution in [0.3, 0.4) is 0 Å². The van der Waals surface area contributed by atoms with Gasteiger partial charge >= 0.3 is 5.97 Å². The van der Waals surface area contributed by atoms with Gasteiger partial charge in [-0.2, -0.15) is 0 Å². The molecule has 0 rings (SSSR count). The van der Waals surface area contributed by atoms with Crippen LogP contribution in [0.2, 0.25) is 0 Å². The van der Waals surface area contributed by atoms with Crippen LogP contribution in [-0.4, -0.2) is 31.4 Å². The monoisotopic (exact) mass is 220 g/mol. The summed E-state index contributed by atoms with van der Waals surface area (Å²) in [5.74, 6) is 0.0619. The zero-order chi connectivity index (χ0) is 11.0. The van der Waals surface area contributed by atoms with Crippen LogP contribution in [0.25, 0.3) is 0 Å². The molecule has 0 heterocycles. The molecule has 0 saturated heterocycles. The average molecular weight is 220 g/mol. The second-order valence-corrected chi connectivity index (χ2v) is 3.79. The summed E-state index contributed by atoms with van der Waals surface area (Å²) in [6, 6.07) is -0.235. The van der Waals surface area contributed by atoms with Gasteiger partial charge in [-0.15, -0.1) is 0 Å². The van der Waals surface area contributed by atoms with Gasteiger partial charge in [0.15, 0.2) is 0 Å². The largest absolute Gasteiger partial charge is 0.463 e. The Labute approximate surface area is 90.1 Å². The Balaban J connectivity index is 4.10. The Morgan fingerprint density at radius 3 is 2.71 bits per heavy atom. The molecule has 84 valence electrons. The van der Waals surface area contributed by atoms with Gasteiger partial charge in [-0.05, 0) is 12.2 Å². The normalized spacial score (nSPS) is 14.9. The summed E-state index contributed by atoms with van der Waals surface area (Å²) in [4.78, 5) is 11.5. The molecular formula is C9H20N2O2S. The van der Waals surface area contributed by atoms with Crippen molar-refractivity contribution in [1.29, 1.82) is 0 Å². The van der Waals surface area contributed by atoms with Gasteiger partial charge in [0.25, 0.3) is 0 Å². The minimum Gasteiger partial charge on any atom is -0.463 e. The molecule has 0 amide bonds. The molecule has 0 spiro atoms. The highest BCUT2D eigenvalue weighted by molar-refractivity contribution is 7.96. The van der Waals surface area contributed by atoms with Gasteiger partial charge in [-0.1, -0.05) is 32.2 Å². The van der Waals surface area contributed by atoms with Gasteiger partial charge in [0, 0.05) is 6.54 Å². The van der Waals surface area contributed by atoms with E-state index in [-0.39, 0.29) is 17.9 Å². The van der Waals surface area contributed by atoms with Crippen LogP contribution in [-0.2, 0) is 9.53 Å². The smallest absolute Gasteiger partial charge is 0.324 e. The number of carbonyl (C=O) groups excluding carboxylic acids is 1. The van der Waals surface area contributed by atoms with Gasteiger partial charge in [0.2, 0.25) is 0 Å². The molecule has 0 aliphatic heterocycles. The fourth-order valence-corrected chi connectivity index (χ4v) is 1.59. The van der Waals surface area contributed by atoms with Crippen molar-refractivity contribution < 1.29 is 9.53 Å². The van der Waals surface area contributed by atoms with Crippen molar-refractivity contribution in [2.24, 2.45) is 11.7 Å². The van der Waals surface area contributed by atoms with Gasteiger partial charge in [-0.3, -0.25) is 9.52 Å². The first kappa shape index (κ1) is 13.7. The Kier molecular flexibility index (Phi) is 7.93. The molecule has 0 aliphatic rings. The van der Waals surface area contributed by atoms with Crippen molar-refractivity contribution in [3.63, 3.8) is 0 Å². The topological polar surface area (TPSA) is 64.3 Å². The summed E-state index contributed by atoms with van der Waals surface area (Å²) in [5, 5.41) is 0. The van der Waals surface area contributed by atoms with E-state index >= 15 is 0 Å². The maximum atomic E-state index is 11.5. The maximum absolute atomic E-state index is 11.5. The van der Waals surface area contributed by atoms with E-state index in [4.69, 9.17) is 10.5 Å². The van der Waals surface area contributed by atoms with Crippen LogP contribution in [0, 0.1) is 5.92 Å². The number of nitrogens with two attached hydrogens (primary N) is 1. The van der Waals surface area contributed by atoms with Crippen molar-refractivity contribution in [2.75, 3.05) is 19.4 Å². The second-order valence-electron chi connectivity index (χ2n) is 3.14. The van der Waals surface area contributed by atoms with Gasteiger partial charge in [0.05, 0.1) is 0 Å². The second kappa shape index (κ2) is 8.08. The minimum absolute atomic E-state index is 0.209. The Morgan fingerprint density at radius 2 is 2.29 bits per heavy atom. The molecule has 4 nitrogen and oxygen atoms in total. The van der Waals surface area contributed by atoms with Crippen molar-refractivity contribution >= 4 is 17.9 Å². The van der Waals surface area contributed by atoms with E-state index in [0.717, 1.165) is 6.42 Å². The molecule has 0 fully saturated rings. The van der Waals surface area contributed by atoms with Crippen molar-refractivity contribution in [3.05, 3.63) is 0 Å². The molecule has 2 unspecified atom stereocenters. The maximum Gasteiger partial charge on any atom is 0.324 e. The van der Waals surface area contributed by atoms with Crippen LogP contribution in [0.5, 0.6) is 0 Å². The highest BCUT2D eigenvalue weighted by Crippen LogP contribution is 2.11. The molecule has 0 radical (unpaired) electrons. The average Bonchev–Trinajstić information content (AvgIpc) is 2.21. The van der Waals surface area contributed by atoms with E-state index in [1.54, 1.807) is 0 Å². The van der Waals surface area contributed by atoms with Crippen molar-refractivity contribution in [3.8, 4) is 0 Å². The first-order valence-electron chi connectivity index (χ1n) is 4.82. The highest BCUT2D eigenvalue weighted by atomic mass is 32.2. The summed E-state index contributed by atoms with van der Waals surface area (Å²) in [5.41, 5.74) is 5.26. The molecule has 2 atom stereocenters. The number of rotatable bonds is 7. The minimum atomic E-state index is -0.235. The number of hydrogen-bond acceptors (Lipinski definition) is 5. The molecule has 14 heavy (non-hydrogen) atoms. The number of hydrogen-bond donors (Lipinski definition) is 2. The summed E-state index contributed by atoms with van der Waals surface area (Å²) in [7, 11) is 0. The molecule has 3 N–H and O–H groups in total. The molecule has 5 heteroatoms. The molecule has 0 saturated carbocycles. The van der Waals surface area contributed by atoms with Crippen LogP contribution in [0.15, 0.2) is 0 Å². The predicted octanol–water partition coefficient (Wildman–Crippen LogP) is 0.771. The van der Waals surface area contributed by atoms with Crippen LogP contribution < -0.4 is 10.5 Å². The van der Waals surface area contributed by atoms with E-state index in [1.807, 2.05) is 13.2 Å². The lowest BCUT2D eigenvalue weighted by Gasteiger charge is -2.21. The standard InChI is InChI=1S/C9H20N2O2S/c1-4-7(2)8(11-14-3)9(12)13-6-5-10/h7-8,11H,4-6,10H2,1-3H3. The van der Waals surface area contributed by atoms with Crippen molar-refractivity contribution in [1.82, 2.24) is 4.72 Å². The first-order chi connectivity index (χ1) is 6.67. The predicted molar refractivity (Wildman–Crippen MR) is 59.9 cm³/mol. The lowest BCUT2D eigenvalue weighted by atomic mass is 10.0. The van der Waals surface area contributed by atoms with Crippen LogP contribution in [0.1, 0.15) is 20.3 Å². The number of esters is 1. The Hall–Kier alpha value is -0.260. The third kappa shape index (κ3) is 4.83. The number of ether oxygens (including phenoxy) is 1. The van der Waals surface area contributed by atoms with E-state index in [9.17, 15) is 4.79 Å². The van der Waals surface area contributed by atoms with Crippen molar-refractivity contribution in [2.45, 2.75) is 26.3 Å². The Bertz CT molecular complexity index is 167. The summed E-state index contributed by atoms with van der Waals surface area (Å²) in [6.45, 7) is 4.74. The van der Waals surface area contributed by atoms with Gasteiger partial charge < -0.3 is 10.5 Å². The Morgan fingerprint density at radius 1 is 1.64 bits per heavy atom. The quantitative estimate of drug-likeness (QED) is 0.490. The van der Waals surface area contributed by atoms with Gasteiger partial charge in [-0.25, -0.2) is 0 Å². The molecule has 0 bridgehead atoms. The summed E-state index contributed by atoms with van der Waals surface area (Å²) < 4.78 is 8.03. The molecule has 0 aromatic carbocycles. The van der Waals surface area contributed by atoms with E-state index in [2.05, 4.69) is 11.6 Å². The first-order valence-corrected chi connectivity index (χ1v) is 6.05. The SMILES string of the molecule is CCC(C)C(NSC)C(=O)OCCN. The fraction of sp³-hybridized carbons (Fsp3) is 0.889. The molecule has 0 aromatic heterocycles. The van der Waals surface area contributed by atoms with Crippen LogP contribution >= 0.6 is 11.9 Å². The third-order valence-corrected chi connectivity index (χ3v) is 2.56. The van der Waals surface area contributed by atoms with E-state index < -0.39 is 0 Å². The summed E-state index contributed by atoms with van der Waals surface area (Å²) >= 11 is 1.43. The zero-order valence-corrected chi connectivity index (χ0v) is 9.89. The lowest BCUT2D eigenvalue weighted by molar-refractivity contribution is -0.146.